The predicted molar refractivity (Wildman–Crippen MR) is 54.2 cm³/mol. The maximum absolute atomic E-state index is 11.5. The Balaban J connectivity index is 2.82. The number of aryl methyl sites for hydroxylation is 2. The molecule has 0 aliphatic carbocycles. The van der Waals surface area contributed by atoms with E-state index < -0.39 is 0 Å². The van der Waals surface area contributed by atoms with E-state index in [9.17, 15) is 4.79 Å². The minimum absolute atomic E-state index is 0.0724. The Morgan fingerprint density at radius 3 is 2.46 bits per heavy atom. The van der Waals surface area contributed by atoms with Crippen molar-refractivity contribution < 1.29 is 4.79 Å². The largest absolute Gasteiger partial charge is 0.348 e. The second-order valence-corrected chi connectivity index (χ2v) is 4.67. The molecule has 3 nitrogen and oxygen atoms in total. The van der Waals surface area contributed by atoms with Crippen LogP contribution < -0.4 is 5.32 Å². The van der Waals surface area contributed by atoms with Crippen molar-refractivity contribution in [3.63, 3.8) is 0 Å². The molecular weight excluding hydrogens is 184 g/mol. The highest BCUT2D eigenvalue weighted by Gasteiger charge is 2.13. The van der Waals surface area contributed by atoms with E-state index in [-0.39, 0.29) is 11.9 Å². The summed E-state index contributed by atoms with van der Waals surface area (Å²) in [6, 6.07) is 0.161. The summed E-state index contributed by atoms with van der Waals surface area (Å²) < 4.78 is 0. The molecule has 0 aliphatic rings. The Morgan fingerprint density at radius 2 is 2.08 bits per heavy atom. The van der Waals surface area contributed by atoms with Gasteiger partial charge in [-0.15, -0.1) is 11.3 Å². The normalized spacial score (nSPS) is 10.5. The van der Waals surface area contributed by atoms with Gasteiger partial charge in [-0.2, -0.15) is 0 Å². The quantitative estimate of drug-likeness (QED) is 0.788. The number of amides is 1. The molecule has 0 fully saturated rings. The van der Waals surface area contributed by atoms with Crippen molar-refractivity contribution in [3.05, 3.63) is 15.6 Å². The van der Waals surface area contributed by atoms with Crippen LogP contribution >= 0.6 is 11.3 Å². The summed E-state index contributed by atoms with van der Waals surface area (Å²) in [5.74, 6) is -0.0724. The molecule has 1 rings (SSSR count). The monoisotopic (exact) mass is 198 g/mol. The van der Waals surface area contributed by atoms with E-state index in [0.717, 1.165) is 9.88 Å². The number of carbonyl (C=O) groups is 1. The van der Waals surface area contributed by atoms with Gasteiger partial charge in [-0.3, -0.25) is 4.79 Å². The van der Waals surface area contributed by atoms with Crippen LogP contribution in [0.1, 0.15) is 34.2 Å². The van der Waals surface area contributed by atoms with Crippen LogP contribution in [0.5, 0.6) is 0 Å². The van der Waals surface area contributed by atoms with Crippen LogP contribution in [-0.4, -0.2) is 16.9 Å². The molecule has 1 N–H and O–H groups in total. The van der Waals surface area contributed by atoms with E-state index in [1.807, 2.05) is 27.7 Å². The van der Waals surface area contributed by atoms with Crippen molar-refractivity contribution in [1.82, 2.24) is 10.3 Å². The van der Waals surface area contributed by atoms with Gasteiger partial charge in [0.2, 0.25) is 0 Å². The summed E-state index contributed by atoms with van der Waals surface area (Å²) in [7, 11) is 0. The van der Waals surface area contributed by atoms with Crippen LogP contribution in [0.25, 0.3) is 0 Å². The third-order valence-electron chi connectivity index (χ3n) is 1.54. The Kier molecular flexibility index (Phi) is 3.03. The van der Waals surface area contributed by atoms with Gasteiger partial charge >= 0.3 is 0 Å². The fourth-order valence-electron chi connectivity index (χ4n) is 1.07. The Bertz CT molecular complexity index is 317. The molecule has 1 heterocycles. The van der Waals surface area contributed by atoms with Gasteiger partial charge in [-0.1, -0.05) is 0 Å². The second kappa shape index (κ2) is 3.87. The summed E-state index contributed by atoms with van der Waals surface area (Å²) in [6.07, 6.45) is 0. The van der Waals surface area contributed by atoms with Crippen molar-refractivity contribution >= 4 is 17.2 Å². The molecule has 1 aromatic heterocycles. The van der Waals surface area contributed by atoms with Crippen molar-refractivity contribution in [1.29, 1.82) is 0 Å². The highest BCUT2D eigenvalue weighted by molar-refractivity contribution is 7.11. The highest BCUT2D eigenvalue weighted by atomic mass is 32.1. The number of carbonyl (C=O) groups excluding carboxylic acids is 1. The smallest absolute Gasteiger partial charge is 0.271 e. The van der Waals surface area contributed by atoms with Crippen LogP contribution in [0.3, 0.4) is 0 Å². The third-order valence-corrected chi connectivity index (χ3v) is 2.42. The molecule has 0 saturated carbocycles. The van der Waals surface area contributed by atoms with E-state index in [4.69, 9.17) is 0 Å². The maximum Gasteiger partial charge on any atom is 0.271 e. The van der Waals surface area contributed by atoms with Crippen LogP contribution in [0, 0.1) is 13.8 Å². The van der Waals surface area contributed by atoms with Gasteiger partial charge in [-0.05, 0) is 27.7 Å². The summed E-state index contributed by atoms with van der Waals surface area (Å²) in [4.78, 5) is 16.7. The molecule has 0 unspecified atom stereocenters. The van der Waals surface area contributed by atoms with E-state index in [1.54, 1.807) is 11.3 Å². The van der Waals surface area contributed by atoms with Gasteiger partial charge in [0.05, 0.1) is 5.01 Å². The zero-order valence-electron chi connectivity index (χ0n) is 8.34. The first-order valence-electron chi connectivity index (χ1n) is 4.25. The predicted octanol–water partition coefficient (Wildman–Crippen LogP) is 1.90. The van der Waals surface area contributed by atoms with Crippen molar-refractivity contribution in [3.8, 4) is 0 Å². The number of thiazole rings is 1. The number of rotatable bonds is 2. The number of hydrogen-bond donors (Lipinski definition) is 1. The minimum Gasteiger partial charge on any atom is -0.348 e. The average Bonchev–Trinajstić information content (AvgIpc) is 2.28. The molecule has 0 radical (unpaired) electrons. The maximum atomic E-state index is 11.5. The second-order valence-electron chi connectivity index (χ2n) is 3.27. The van der Waals surface area contributed by atoms with Crippen LogP contribution in [0.4, 0.5) is 0 Å². The lowest BCUT2D eigenvalue weighted by Crippen LogP contribution is -2.30. The number of aromatic nitrogens is 1. The third kappa shape index (κ3) is 2.52. The van der Waals surface area contributed by atoms with E-state index >= 15 is 0 Å². The van der Waals surface area contributed by atoms with Gasteiger partial charge in [0.15, 0.2) is 0 Å². The Labute approximate surface area is 82.2 Å². The van der Waals surface area contributed by atoms with Gasteiger partial charge in [0.25, 0.3) is 5.91 Å². The summed E-state index contributed by atoms with van der Waals surface area (Å²) in [5, 5.41) is 3.75. The Morgan fingerprint density at radius 1 is 1.46 bits per heavy atom. The lowest BCUT2D eigenvalue weighted by atomic mass is 10.3. The zero-order chi connectivity index (χ0) is 10.0. The van der Waals surface area contributed by atoms with Gasteiger partial charge in [0.1, 0.15) is 5.69 Å². The fourth-order valence-corrected chi connectivity index (χ4v) is 1.89. The molecular formula is C9H14N2OS. The summed E-state index contributed by atoms with van der Waals surface area (Å²) in [5.41, 5.74) is 0.566. The molecule has 0 atom stereocenters. The van der Waals surface area contributed by atoms with E-state index in [1.165, 1.54) is 0 Å². The minimum atomic E-state index is -0.0724. The van der Waals surface area contributed by atoms with Crippen LogP contribution in [0.15, 0.2) is 0 Å². The number of hydrogen-bond acceptors (Lipinski definition) is 3. The average molecular weight is 198 g/mol. The first-order valence-corrected chi connectivity index (χ1v) is 5.07. The summed E-state index contributed by atoms with van der Waals surface area (Å²) in [6.45, 7) is 7.70. The van der Waals surface area contributed by atoms with E-state index in [0.29, 0.717) is 5.69 Å². The number of nitrogens with one attached hydrogen (secondary N) is 1. The topological polar surface area (TPSA) is 42.0 Å². The SMILES string of the molecule is Cc1nc(C(=O)NC(C)C)c(C)s1. The van der Waals surface area contributed by atoms with Crippen LogP contribution in [-0.2, 0) is 0 Å². The lowest BCUT2D eigenvalue weighted by Gasteiger charge is -2.06. The molecule has 0 aliphatic heterocycles. The molecule has 0 aromatic carbocycles. The van der Waals surface area contributed by atoms with Crippen molar-refractivity contribution in [2.45, 2.75) is 33.7 Å². The lowest BCUT2D eigenvalue weighted by molar-refractivity contribution is 0.0938. The molecule has 1 aromatic rings. The first-order chi connectivity index (χ1) is 6.00. The zero-order valence-corrected chi connectivity index (χ0v) is 9.16. The number of nitrogens with zero attached hydrogens (tertiary/aromatic N) is 1. The standard InChI is InChI=1S/C9H14N2OS/c1-5(2)10-9(12)8-6(3)13-7(4)11-8/h5H,1-4H3,(H,10,12). The highest BCUT2D eigenvalue weighted by Crippen LogP contribution is 2.16. The molecule has 0 saturated heterocycles. The van der Waals surface area contributed by atoms with Crippen molar-refractivity contribution in [2.75, 3.05) is 0 Å². The molecule has 0 bridgehead atoms. The molecule has 13 heavy (non-hydrogen) atoms. The Hall–Kier alpha value is -0.900. The molecule has 0 spiro atoms. The van der Waals surface area contributed by atoms with Crippen molar-refractivity contribution in [2.24, 2.45) is 0 Å². The fraction of sp³-hybridized carbons (Fsp3) is 0.556. The first kappa shape index (κ1) is 10.2. The van der Waals surface area contributed by atoms with E-state index in [2.05, 4.69) is 10.3 Å². The summed E-state index contributed by atoms with van der Waals surface area (Å²) >= 11 is 1.55. The van der Waals surface area contributed by atoms with Gasteiger partial charge in [-0.25, -0.2) is 4.98 Å². The molecule has 4 heteroatoms. The van der Waals surface area contributed by atoms with Gasteiger partial charge in [0, 0.05) is 10.9 Å². The molecule has 72 valence electrons. The van der Waals surface area contributed by atoms with Gasteiger partial charge < -0.3 is 5.32 Å². The van der Waals surface area contributed by atoms with Crippen LogP contribution in [0.2, 0.25) is 0 Å². The molecule has 1 amide bonds.